The van der Waals surface area contributed by atoms with Crippen molar-refractivity contribution in [2.75, 3.05) is 0 Å². The Bertz CT molecular complexity index is 531. The molecule has 0 saturated carbocycles. The minimum atomic E-state index is -0.929. The fourth-order valence-electron chi connectivity index (χ4n) is 1.13. The molecule has 0 aromatic rings. The third-order valence-electron chi connectivity index (χ3n) is 2.51. The summed E-state index contributed by atoms with van der Waals surface area (Å²) < 4.78 is 0. The number of hydrogen-bond donors (Lipinski definition) is 1. The molecular formula is C18H23NO2. The number of carbonyl (C=O) groups is 1. The first-order valence-corrected chi connectivity index (χ1v) is 6.64. The maximum atomic E-state index is 10.6. The van der Waals surface area contributed by atoms with Crippen molar-refractivity contribution in [3.05, 3.63) is 72.4 Å². The second kappa shape index (κ2) is 10.4. The van der Waals surface area contributed by atoms with Crippen molar-refractivity contribution in [2.24, 2.45) is 4.99 Å². The van der Waals surface area contributed by atoms with E-state index in [9.17, 15) is 4.79 Å². The lowest BCUT2D eigenvalue weighted by Crippen LogP contribution is -2.12. The number of carboxylic acids is 1. The molecular weight excluding hydrogens is 262 g/mol. The molecule has 0 bridgehead atoms. The van der Waals surface area contributed by atoms with Crippen LogP contribution in [0.3, 0.4) is 0 Å². The molecule has 1 atom stereocenters. The summed E-state index contributed by atoms with van der Waals surface area (Å²) in [5, 5.41) is 8.71. The van der Waals surface area contributed by atoms with Gasteiger partial charge < -0.3 is 5.11 Å². The number of nitrogens with zero attached hydrogens (tertiary/aromatic N) is 1. The van der Waals surface area contributed by atoms with Crippen LogP contribution in [0.1, 0.15) is 20.8 Å². The lowest BCUT2D eigenvalue weighted by molar-refractivity contribution is -0.137. The maximum Gasteiger partial charge on any atom is 0.328 e. The zero-order valence-electron chi connectivity index (χ0n) is 12.9. The van der Waals surface area contributed by atoms with E-state index in [1.165, 1.54) is 6.92 Å². The van der Waals surface area contributed by atoms with Crippen LogP contribution >= 0.6 is 0 Å². The second-order valence-electron chi connectivity index (χ2n) is 4.61. The van der Waals surface area contributed by atoms with E-state index in [2.05, 4.69) is 18.2 Å². The Hall–Kier alpha value is -2.42. The molecule has 1 N–H and O–H groups in total. The van der Waals surface area contributed by atoms with Gasteiger partial charge in [-0.1, -0.05) is 61.3 Å². The first kappa shape index (κ1) is 18.6. The lowest BCUT2D eigenvalue weighted by Gasteiger charge is -1.97. The Labute approximate surface area is 127 Å². The zero-order valence-corrected chi connectivity index (χ0v) is 12.9. The van der Waals surface area contributed by atoms with E-state index in [-0.39, 0.29) is 0 Å². The summed E-state index contributed by atoms with van der Waals surface area (Å²) in [7, 11) is 0. The molecule has 0 aliphatic heterocycles. The van der Waals surface area contributed by atoms with Crippen molar-refractivity contribution < 1.29 is 9.90 Å². The maximum absolute atomic E-state index is 10.6. The molecule has 0 rings (SSSR count). The second-order valence-corrected chi connectivity index (χ2v) is 4.61. The minimum absolute atomic E-state index is 0.720. The quantitative estimate of drug-likeness (QED) is 0.534. The van der Waals surface area contributed by atoms with Crippen LogP contribution in [0.15, 0.2) is 77.4 Å². The number of aliphatic imine (C=N–C) groups is 1. The van der Waals surface area contributed by atoms with E-state index in [0.717, 1.165) is 16.7 Å². The van der Waals surface area contributed by atoms with E-state index in [1.807, 2.05) is 50.3 Å². The van der Waals surface area contributed by atoms with Crippen LogP contribution in [0.25, 0.3) is 0 Å². The molecule has 21 heavy (non-hydrogen) atoms. The van der Waals surface area contributed by atoms with Crippen molar-refractivity contribution in [1.29, 1.82) is 0 Å². The molecule has 0 aromatic heterocycles. The summed E-state index contributed by atoms with van der Waals surface area (Å²) in [6, 6.07) is -0.720. The summed E-state index contributed by atoms with van der Waals surface area (Å²) >= 11 is 0. The van der Waals surface area contributed by atoms with Crippen molar-refractivity contribution in [3.8, 4) is 0 Å². The Morgan fingerprint density at radius 1 is 1.14 bits per heavy atom. The highest BCUT2D eigenvalue weighted by molar-refractivity contribution is 5.82. The molecule has 0 saturated heterocycles. The number of aliphatic carboxylic acids is 1. The van der Waals surface area contributed by atoms with Crippen molar-refractivity contribution in [2.45, 2.75) is 26.8 Å². The molecule has 3 nitrogen and oxygen atoms in total. The van der Waals surface area contributed by atoms with Gasteiger partial charge >= 0.3 is 5.97 Å². The summed E-state index contributed by atoms with van der Waals surface area (Å²) in [5.74, 6) is -0.929. The topological polar surface area (TPSA) is 49.7 Å². The predicted octanol–water partition coefficient (Wildman–Crippen LogP) is 4.28. The Balaban J connectivity index is 4.54. The van der Waals surface area contributed by atoms with Crippen molar-refractivity contribution in [1.82, 2.24) is 0 Å². The Morgan fingerprint density at radius 2 is 1.71 bits per heavy atom. The van der Waals surface area contributed by atoms with Gasteiger partial charge in [0, 0.05) is 6.21 Å². The third kappa shape index (κ3) is 10.1. The Morgan fingerprint density at radius 3 is 2.29 bits per heavy atom. The minimum Gasteiger partial charge on any atom is -0.480 e. The Kier molecular flexibility index (Phi) is 9.18. The van der Waals surface area contributed by atoms with E-state index in [1.54, 1.807) is 12.3 Å². The van der Waals surface area contributed by atoms with Gasteiger partial charge in [-0.25, -0.2) is 4.79 Å². The molecule has 0 aromatic carbocycles. The van der Waals surface area contributed by atoms with Gasteiger partial charge in [-0.15, -0.1) is 0 Å². The van der Waals surface area contributed by atoms with Gasteiger partial charge in [-0.3, -0.25) is 4.99 Å². The zero-order chi connectivity index (χ0) is 16.3. The molecule has 3 heteroatoms. The third-order valence-corrected chi connectivity index (χ3v) is 2.51. The normalized spacial score (nSPS) is 15.0. The summed E-state index contributed by atoms with van der Waals surface area (Å²) in [6.45, 7) is 12.8. The highest BCUT2D eigenvalue weighted by Gasteiger charge is 2.05. The van der Waals surface area contributed by atoms with Gasteiger partial charge in [-0.05, 0) is 31.9 Å². The van der Waals surface area contributed by atoms with Gasteiger partial charge in [0.2, 0.25) is 0 Å². The molecule has 0 fully saturated rings. The predicted molar refractivity (Wildman–Crippen MR) is 90.7 cm³/mol. The SMILES string of the molecule is C=CC(=C)/C=C/C=C(C)/C=C/C=C(\C)C=N[C@@H](C)C(=O)O. The number of rotatable bonds is 8. The van der Waals surface area contributed by atoms with Crippen LogP contribution in [-0.2, 0) is 4.79 Å². The highest BCUT2D eigenvalue weighted by Crippen LogP contribution is 2.00. The van der Waals surface area contributed by atoms with E-state index in [0.29, 0.717) is 0 Å². The van der Waals surface area contributed by atoms with E-state index in [4.69, 9.17) is 5.11 Å². The van der Waals surface area contributed by atoms with Crippen molar-refractivity contribution >= 4 is 12.2 Å². The largest absolute Gasteiger partial charge is 0.480 e. The molecule has 112 valence electrons. The molecule has 0 aliphatic carbocycles. The molecule has 0 unspecified atom stereocenters. The van der Waals surface area contributed by atoms with Crippen LogP contribution in [0, 0.1) is 0 Å². The fraction of sp³-hybridized carbons (Fsp3) is 0.222. The van der Waals surface area contributed by atoms with Crippen LogP contribution in [-0.4, -0.2) is 23.3 Å². The first-order valence-electron chi connectivity index (χ1n) is 6.64. The van der Waals surface area contributed by atoms with Crippen LogP contribution in [0.2, 0.25) is 0 Å². The van der Waals surface area contributed by atoms with Gasteiger partial charge in [0.25, 0.3) is 0 Å². The van der Waals surface area contributed by atoms with Gasteiger partial charge in [0.1, 0.15) is 6.04 Å². The molecule has 0 heterocycles. The monoisotopic (exact) mass is 285 g/mol. The molecule has 0 radical (unpaired) electrons. The summed E-state index contributed by atoms with van der Waals surface area (Å²) in [4.78, 5) is 14.5. The van der Waals surface area contributed by atoms with E-state index < -0.39 is 12.0 Å². The number of hydrogen-bond acceptors (Lipinski definition) is 2. The van der Waals surface area contributed by atoms with Crippen LogP contribution in [0.5, 0.6) is 0 Å². The van der Waals surface area contributed by atoms with E-state index >= 15 is 0 Å². The van der Waals surface area contributed by atoms with Crippen LogP contribution < -0.4 is 0 Å². The van der Waals surface area contributed by atoms with Gasteiger partial charge in [-0.2, -0.15) is 0 Å². The lowest BCUT2D eigenvalue weighted by atomic mass is 10.2. The van der Waals surface area contributed by atoms with Gasteiger partial charge in [0.15, 0.2) is 0 Å². The van der Waals surface area contributed by atoms with Crippen LogP contribution in [0.4, 0.5) is 0 Å². The number of allylic oxidation sites excluding steroid dienone is 10. The average molecular weight is 285 g/mol. The van der Waals surface area contributed by atoms with Gasteiger partial charge in [0.05, 0.1) is 0 Å². The molecule has 0 spiro atoms. The molecule has 0 aliphatic rings. The summed E-state index contributed by atoms with van der Waals surface area (Å²) in [6.07, 6.45) is 14.8. The number of carboxylic acid groups (broad SMARTS) is 1. The molecule has 0 amide bonds. The standard InChI is InChI=1S/C18H23NO2/c1-6-14(2)9-7-10-15(3)11-8-12-16(4)13-19-17(5)18(20)21/h6-13,17H,1-2H2,3-5H3,(H,20,21)/b9-7+,11-8+,15-10+,16-12+,19-13?/t17-/m0/s1. The smallest absolute Gasteiger partial charge is 0.328 e. The first-order chi connectivity index (χ1) is 9.86. The fourth-order valence-corrected chi connectivity index (χ4v) is 1.13. The average Bonchev–Trinajstić information content (AvgIpc) is 2.44. The summed E-state index contributed by atoms with van der Waals surface area (Å²) in [5.41, 5.74) is 2.84. The van der Waals surface area contributed by atoms with Crippen molar-refractivity contribution in [3.63, 3.8) is 0 Å². The highest BCUT2D eigenvalue weighted by atomic mass is 16.4.